The van der Waals surface area contributed by atoms with Gasteiger partial charge in [0.05, 0.1) is 5.69 Å². The quantitative estimate of drug-likeness (QED) is 0.724. The molecule has 1 aliphatic carbocycles. The van der Waals surface area contributed by atoms with E-state index in [9.17, 15) is 4.39 Å². The van der Waals surface area contributed by atoms with E-state index in [0.29, 0.717) is 6.04 Å². The van der Waals surface area contributed by atoms with Crippen LogP contribution in [0.3, 0.4) is 0 Å². The van der Waals surface area contributed by atoms with Gasteiger partial charge in [-0.3, -0.25) is 0 Å². The fourth-order valence-electron chi connectivity index (χ4n) is 1.51. The first kappa shape index (κ1) is 9.46. The molecule has 1 aromatic carbocycles. The number of benzene rings is 1. The number of anilines is 1. The normalized spacial score (nSPS) is 18.1. The lowest BCUT2D eigenvalue weighted by molar-refractivity contribution is 0.563. The molecule has 1 aliphatic rings. The van der Waals surface area contributed by atoms with Gasteiger partial charge < -0.3 is 11.1 Å². The molecule has 0 aromatic heterocycles. The third-order valence-corrected chi connectivity index (χ3v) is 2.59. The summed E-state index contributed by atoms with van der Waals surface area (Å²) in [4.78, 5) is 0. The standard InChI is InChI=1S/C11H15FN2/c1-7(14-9-3-4-9)8-2-5-11(13)10(12)6-8/h2,5-7,9,14H,3-4,13H2,1H3/t7-/m1/s1. The second-order valence-electron chi connectivity index (χ2n) is 3.94. The third kappa shape index (κ3) is 2.04. The Balaban J connectivity index is 2.10. The molecule has 14 heavy (non-hydrogen) atoms. The van der Waals surface area contributed by atoms with E-state index in [4.69, 9.17) is 5.73 Å². The summed E-state index contributed by atoms with van der Waals surface area (Å²) in [6.45, 7) is 2.04. The molecule has 0 bridgehead atoms. The molecule has 0 heterocycles. The lowest BCUT2D eigenvalue weighted by Gasteiger charge is -2.13. The first-order valence-electron chi connectivity index (χ1n) is 4.98. The van der Waals surface area contributed by atoms with Crippen molar-refractivity contribution in [2.24, 2.45) is 0 Å². The van der Waals surface area contributed by atoms with E-state index in [-0.39, 0.29) is 17.5 Å². The van der Waals surface area contributed by atoms with Gasteiger partial charge in [0, 0.05) is 12.1 Å². The van der Waals surface area contributed by atoms with E-state index in [1.807, 2.05) is 13.0 Å². The molecule has 1 aromatic rings. The number of hydrogen-bond acceptors (Lipinski definition) is 2. The zero-order valence-electron chi connectivity index (χ0n) is 8.26. The second-order valence-corrected chi connectivity index (χ2v) is 3.94. The average molecular weight is 194 g/mol. The van der Waals surface area contributed by atoms with Gasteiger partial charge in [-0.2, -0.15) is 0 Å². The van der Waals surface area contributed by atoms with Crippen LogP contribution >= 0.6 is 0 Å². The molecule has 1 atom stereocenters. The van der Waals surface area contributed by atoms with Gasteiger partial charge in [0.15, 0.2) is 0 Å². The van der Waals surface area contributed by atoms with Gasteiger partial charge in [-0.1, -0.05) is 6.07 Å². The van der Waals surface area contributed by atoms with Gasteiger partial charge in [-0.05, 0) is 37.5 Å². The van der Waals surface area contributed by atoms with Gasteiger partial charge >= 0.3 is 0 Å². The van der Waals surface area contributed by atoms with E-state index >= 15 is 0 Å². The lowest BCUT2D eigenvalue weighted by Crippen LogP contribution is -2.20. The van der Waals surface area contributed by atoms with Gasteiger partial charge in [0.25, 0.3) is 0 Å². The van der Waals surface area contributed by atoms with Crippen molar-refractivity contribution < 1.29 is 4.39 Å². The van der Waals surface area contributed by atoms with E-state index in [1.54, 1.807) is 6.07 Å². The van der Waals surface area contributed by atoms with Crippen molar-refractivity contribution in [3.63, 3.8) is 0 Å². The summed E-state index contributed by atoms with van der Waals surface area (Å²) in [5.74, 6) is -0.327. The summed E-state index contributed by atoms with van der Waals surface area (Å²) < 4.78 is 13.1. The Morgan fingerprint density at radius 3 is 2.79 bits per heavy atom. The summed E-state index contributed by atoms with van der Waals surface area (Å²) in [5.41, 5.74) is 6.58. The number of nitrogens with one attached hydrogen (secondary N) is 1. The molecule has 3 N–H and O–H groups in total. The smallest absolute Gasteiger partial charge is 0.146 e. The molecule has 3 heteroatoms. The molecule has 0 saturated heterocycles. The SMILES string of the molecule is C[C@@H](NC1CC1)c1ccc(N)c(F)c1. The molecule has 0 aliphatic heterocycles. The Morgan fingerprint density at radius 2 is 2.21 bits per heavy atom. The maximum absolute atomic E-state index is 13.1. The van der Waals surface area contributed by atoms with Crippen molar-refractivity contribution in [1.82, 2.24) is 5.32 Å². The van der Waals surface area contributed by atoms with Crippen LogP contribution in [0.25, 0.3) is 0 Å². The van der Waals surface area contributed by atoms with Gasteiger partial charge in [0.2, 0.25) is 0 Å². The van der Waals surface area contributed by atoms with Crippen molar-refractivity contribution >= 4 is 5.69 Å². The van der Waals surface area contributed by atoms with Gasteiger partial charge in [-0.25, -0.2) is 4.39 Å². The summed E-state index contributed by atoms with van der Waals surface area (Å²) in [6, 6.07) is 5.84. The Bertz CT molecular complexity index is 334. The molecular weight excluding hydrogens is 179 g/mol. The molecule has 0 radical (unpaired) electrons. The molecule has 2 rings (SSSR count). The molecule has 76 valence electrons. The van der Waals surface area contributed by atoms with Crippen LogP contribution in [0.4, 0.5) is 10.1 Å². The zero-order chi connectivity index (χ0) is 10.1. The van der Waals surface area contributed by atoms with E-state index in [1.165, 1.54) is 18.9 Å². The first-order chi connectivity index (χ1) is 6.66. The van der Waals surface area contributed by atoms with Crippen molar-refractivity contribution in [3.8, 4) is 0 Å². The Kier molecular flexibility index (Phi) is 2.42. The van der Waals surface area contributed by atoms with Crippen molar-refractivity contribution in [2.45, 2.75) is 31.8 Å². The minimum Gasteiger partial charge on any atom is -0.396 e. The summed E-state index contributed by atoms with van der Waals surface area (Å²) in [6.07, 6.45) is 2.48. The Labute approximate surface area is 83.3 Å². The topological polar surface area (TPSA) is 38.0 Å². The minimum atomic E-state index is -0.327. The average Bonchev–Trinajstić information content (AvgIpc) is 2.93. The lowest BCUT2D eigenvalue weighted by atomic mass is 10.1. The van der Waals surface area contributed by atoms with Gasteiger partial charge in [0.1, 0.15) is 5.82 Å². The largest absolute Gasteiger partial charge is 0.396 e. The number of hydrogen-bond donors (Lipinski definition) is 2. The number of halogens is 1. The maximum Gasteiger partial charge on any atom is 0.146 e. The van der Waals surface area contributed by atoms with Crippen molar-refractivity contribution in [1.29, 1.82) is 0 Å². The third-order valence-electron chi connectivity index (χ3n) is 2.59. The van der Waals surface area contributed by atoms with Crippen LogP contribution in [0, 0.1) is 5.82 Å². The molecule has 1 fully saturated rings. The van der Waals surface area contributed by atoms with Crippen LogP contribution in [0.5, 0.6) is 0 Å². The van der Waals surface area contributed by atoms with E-state index < -0.39 is 0 Å². The molecule has 1 saturated carbocycles. The molecule has 0 amide bonds. The number of nitrogens with two attached hydrogens (primary N) is 1. The van der Waals surface area contributed by atoms with Crippen LogP contribution in [-0.2, 0) is 0 Å². The zero-order valence-corrected chi connectivity index (χ0v) is 8.26. The fourth-order valence-corrected chi connectivity index (χ4v) is 1.51. The van der Waals surface area contributed by atoms with Gasteiger partial charge in [-0.15, -0.1) is 0 Å². The van der Waals surface area contributed by atoms with Crippen molar-refractivity contribution in [3.05, 3.63) is 29.6 Å². The molecular formula is C11H15FN2. The van der Waals surface area contributed by atoms with Crippen LogP contribution in [-0.4, -0.2) is 6.04 Å². The number of nitrogen functional groups attached to an aromatic ring is 1. The number of rotatable bonds is 3. The summed E-state index contributed by atoms with van der Waals surface area (Å²) in [7, 11) is 0. The monoisotopic (exact) mass is 194 g/mol. The summed E-state index contributed by atoms with van der Waals surface area (Å²) >= 11 is 0. The highest BCUT2D eigenvalue weighted by Crippen LogP contribution is 2.25. The Hall–Kier alpha value is -1.09. The minimum absolute atomic E-state index is 0.206. The van der Waals surface area contributed by atoms with Crippen LogP contribution in [0.2, 0.25) is 0 Å². The van der Waals surface area contributed by atoms with Crippen LogP contribution in [0.1, 0.15) is 31.4 Å². The second kappa shape index (κ2) is 3.58. The van der Waals surface area contributed by atoms with E-state index in [0.717, 1.165) is 5.56 Å². The highest BCUT2D eigenvalue weighted by Gasteiger charge is 2.23. The molecule has 0 unspecified atom stereocenters. The van der Waals surface area contributed by atoms with E-state index in [2.05, 4.69) is 5.32 Å². The van der Waals surface area contributed by atoms with Crippen LogP contribution in [0.15, 0.2) is 18.2 Å². The van der Waals surface area contributed by atoms with Crippen LogP contribution < -0.4 is 11.1 Å². The molecule has 0 spiro atoms. The maximum atomic E-state index is 13.1. The molecule has 2 nitrogen and oxygen atoms in total. The Morgan fingerprint density at radius 1 is 1.50 bits per heavy atom. The predicted octanol–water partition coefficient (Wildman–Crippen LogP) is 2.22. The summed E-state index contributed by atoms with van der Waals surface area (Å²) in [5, 5.41) is 3.41. The highest BCUT2D eigenvalue weighted by atomic mass is 19.1. The van der Waals surface area contributed by atoms with Crippen molar-refractivity contribution in [2.75, 3.05) is 5.73 Å². The highest BCUT2D eigenvalue weighted by molar-refractivity contribution is 5.42. The first-order valence-corrected chi connectivity index (χ1v) is 4.98. The fraction of sp³-hybridized carbons (Fsp3) is 0.455. The predicted molar refractivity (Wildman–Crippen MR) is 55.4 cm³/mol.